The van der Waals surface area contributed by atoms with E-state index in [1.807, 2.05) is 36.4 Å². The molecule has 0 aliphatic rings. The summed E-state index contributed by atoms with van der Waals surface area (Å²) in [5.74, 6) is -0.455. The number of nitrogens with one attached hydrogen (secondary N) is 1. The van der Waals surface area contributed by atoms with Crippen molar-refractivity contribution in [3.63, 3.8) is 0 Å². The molecule has 0 aliphatic heterocycles. The van der Waals surface area contributed by atoms with E-state index in [-0.39, 0.29) is 22.0 Å². The Morgan fingerprint density at radius 2 is 1.69 bits per heavy atom. The van der Waals surface area contributed by atoms with Crippen LogP contribution in [0.5, 0.6) is 0 Å². The molecule has 0 aliphatic carbocycles. The minimum absolute atomic E-state index is 0.0721. The molecule has 0 fully saturated rings. The van der Waals surface area contributed by atoms with Crippen LogP contribution in [0, 0.1) is 10.1 Å². The van der Waals surface area contributed by atoms with Crippen LogP contribution in [0.2, 0.25) is 10.0 Å². The van der Waals surface area contributed by atoms with Gasteiger partial charge in [0.15, 0.2) is 0 Å². The zero-order valence-corrected chi connectivity index (χ0v) is 14.8. The van der Waals surface area contributed by atoms with Gasteiger partial charge in [-0.15, -0.1) is 0 Å². The van der Waals surface area contributed by atoms with Gasteiger partial charge in [-0.2, -0.15) is 0 Å². The van der Waals surface area contributed by atoms with Gasteiger partial charge in [0, 0.05) is 17.7 Å². The number of nitro groups is 1. The lowest BCUT2D eigenvalue weighted by atomic mass is 10.0. The summed E-state index contributed by atoms with van der Waals surface area (Å²) in [4.78, 5) is 22.8. The Morgan fingerprint density at radius 1 is 0.962 bits per heavy atom. The van der Waals surface area contributed by atoms with E-state index in [0.717, 1.165) is 11.1 Å². The number of non-ortho nitro benzene ring substituents is 1. The third kappa shape index (κ3) is 3.69. The minimum Gasteiger partial charge on any atom is -0.321 e. The molecule has 7 heteroatoms. The smallest absolute Gasteiger partial charge is 0.271 e. The maximum absolute atomic E-state index is 12.6. The number of nitrogens with zero attached hydrogens (tertiary/aromatic N) is 1. The average molecular weight is 387 g/mol. The van der Waals surface area contributed by atoms with Crippen LogP contribution in [0.3, 0.4) is 0 Å². The molecule has 0 unspecified atom stereocenters. The zero-order valence-electron chi connectivity index (χ0n) is 13.3. The lowest BCUT2D eigenvalue weighted by molar-refractivity contribution is -0.384. The molecule has 0 atom stereocenters. The second-order valence-electron chi connectivity index (χ2n) is 5.41. The highest BCUT2D eigenvalue weighted by Crippen LogP contribution is 2.32. The average Bonchev–Trinajstić information content (AvgIpc) is 2.64. The van der Waals surface area contributed by atoms with E-state index in [0.29, 0.717) is 5.02 Å². The summed E-state index contributed by atoms with van der Waals surface area (Å²) >= 11 is 12.4. The van der Waals surface area contributed by atoms with Gasteiger partial charge in [0.25, 0.3) is 11.6 Å². The molecule has 3 aromatic rings. The molecular weight excluding hydrogens is 375 g/mol. The monoisotopic (exact) mass is 386 g/mol. The van der Waals surface area contributed by atoms with Crippen LogP contribution in [0.15, 0.2) is 66.7 Å². The fourth-order valence-corrected chi connectivity index (χ4v) is 3.00. The molecular formula is C19H12Cl2N2O3. The Morgan fingerprint density at radius 3 is 2.35 bits per heavy atom. The molecule has 3 rings (SSSR count). The summed E-state index contributed by atoms with van der Waals surface area (Å²) in [6, 6.07) is 18.5. The summed E-state index contributed by atoms with van der Waals surface area (Å²) in [5.41, 5.74) is 2.01. The molecule has 26 heavy (non-hydrogen) atoms. The summed E-state index contributed by atoms with van der Waals surface area (Å²) in [6.07, 6.45) is 0. The molecule has 130 valence electrons. The summed E-state index contributed by atoms with van der Waals surface area (Å²) in [5, 5.41) is 13.8. The Kier molecular flexibility index (Phi) is 5.21. The molecule has 0 saturated heterocycles. The van der Waals surface area contributed by atoms with Gasteiger partial charge in [0.2, 0.25) is 0 Å². The van der Waals surface area contributed by atoms with Gasteiger partial charge < -0.3 is 5.32 Å². The fourth-order valence-electron chi connectivity index (χ4n) is 2.46. The van der Waals surface area contributed by atoms with Crippen molar-refractivity contribution < 1.29 is 9.72 Å². The fraction of sp³-hybridized carbons (Fsp3) is 0. The molecule has 0 spiro atoms. The van der Waals surface area contributed by atoms with E-state index in [2.05, 4.69) is 5.32 Å². The number of hydrogen-bond acceptors (Lipinski definition) is 3. The van der Waals surface area contributed by atoms with E-state index < -0.39 is 10.8 Å². The number of carbonyl (C=O) groups excluding carboxylic acids is 1. The summed E-state index contributed by atoms with van der Waals surface area (Å²) < 4.78 is 0. The predicted molar refractivity (Wildman–Crippen MR) is 103 cm³/mol. The Hall–Kier alpha value is -2.89. The molecule has 0 heterocycles. The van der Waals surface area contributed by atoms with E-state index >= 15 is 0 Å². The minimum atomic E-state index is -0.558. The molecule has 0 radical (unpaired) electrons. The molecule has 0 bridgehead atoms. The van der Waals surface area contributed by atoms with E-state index in [9.17, 15) is 14.9 Å². The normalized spacial score (nSPS) is 10.4. The van der Waals surface area contributed by atoms with Gasteiger partial charge in [-0.3, -0.25) is 14.9 Å². The predicted octanol–water partition coefficient (Wildman–Crippen LogP) is 5.82. The number of hydrogen-bond donors (Lipinski definition) is 1. The van der Waals surface area contributed by atoms with Crippen molar-refractivity contribution in [1.82, 2.24) is 0 Å². The van der Waals surface area contributed by atoms with Crippen molar-refractivity contribution in [2.75, 3.05) is 5.32 Å². The van der Waals surface area contributed by atoms with E-state index in [4.69, 9.17) is 23.2 Å². The molecule has 0 saturated carbocycles. The number of halogens is 2. The van der Waals surface area contributed by atoms with Gasteiger partial charge in [-0.1, -0.05) is 65.7 Å². The molecule has 5 nitrogen and oxygen atoms in total. The van der Waals surface area contributed by atoms with Crippen molar-refractivity contribution in [3.05, 3.63) is 92.5 Å². The topological polar surface area (TPSA) is 72.2 Å². The first-order valence-electron chi connectivity index (χ1n) is 7.56. The third-order valence-corrected chi connectivity index (χ3v) is 4.46. The number of amides is 1. The quantitative estimate of drug-likeness (QED) is 0.453. The second-order valence-corrected chi connectivity index (χ2v) is 6.19. The largest absolute Gasteiger partial charge is 0.321 e. The third-order valence-electron chi connectivity index (χ3n) is 3.74. The summed E-state index contributed by atoms with van der Waals surface area (Å²) in [6.45, 7) is 0. The van der Waals surface area contributed by atoms with Crippen molar-refractivity contribution >= 4 is 40.5 Å². The van der Waals surface area contributed by atoms with Crippen molar-refractivity contribution in [2.45, 2.75) is 0 Å². The van der Waals surface area contributed by atoms with E-state index in [1.54, 1.807) is 12.1 Å². The SMILES string of the molecule is O=C(Nc1ccc([N+](=O)[O-])cc1Cl)c1cccc(-c2ccccc2)c1Cl. The lowest BCUT2D eigenvalue weighted by Crippen LogP contribution is -2.13. The van der Waals surface area contributed by atoms with E-state index in [1.165, 1.54) is 18.2 Å². The maximum atomic E-state index is 12.6. The van der Waals surface area contributed by atoms with Gasteiger partial charge >= 0.3 is 0 Å². The highest BCUT2D eigenvalue weighted by atomic mass is 35.5. The maximum Gasteiger partial charge on any atom is 0.271 e. The zero-order chi connectivity index (χ0) is 18.7. The van der Waals surface area contributed by atoms with Crippen LogP contribution in [0.1, 0.15) is 10.4 Å². The Labute approximate surface area is 159 Å². The van der Waals surface area contributed by atoms with Crippen LogP contribution in [0.4, 0.5) is 11.4 Å². The number of carbonyl (C=O) groups is 1. The lowest BCUT2D eigenvalue weighted by Gasteiger charge is -2.11. The van der Waals surface area contributed by atoms with Crippen LogP contribution >= 0.6 is 23.2 Å². The molecule has 1 N–H and O–H groups in total. The van der Waals surface area contributed by atoms with Crippen molar-refractivity contribution in [1.29, 1.82) is 0 Å². The second kappa shape index (κ2) is 7.56. The van der Waals surface area contributed by atoms with Crippen molar-refractivity contribution in [3.8, 4) is 11.1 Å². The molecule has 3 aromatic carbocycles. The van der Waals surface area contributed by atoms with Gasteiger partial charge in [-0.05, 0) is 17.7 Å². The molecule has 1 amide bonds. The Bertz CT molecular complexity index is 991. The molecule has 0 aromatic heterocycles. The van der Waals surface area contributed by atoms with Crippen LogP contribution in [0.25, 0.3) is 11.1 Å². The number of benzene rings is 3. The van der Waals surface area contributed by atoms with Gasteiger partial charge in [0.05, 0.1) is 26.2 Å². The number of rotatable bonds is 4. The van der Waals surface area contributed by atoms with Gasteiger partial charge in [-0.25, -0.2) is 0 Å². The standard InChI is InChI=1S/C19H12Cl2N2O3/c20-16-11-13(23(25)26)9-10-17(16)22-19(24)15-8-4-7-14(18(15)21)12-5-2-1-3-6-12/h1-11H,(H,22,24). The Balaban J connectivity index is 1.91. The highest BCUT2D eigenvalue weighted by Gasteiger charge is 2.17. The van der Waals surface area contributed by atoms with Crippen LogP contribution in [-0.2, 0) is 0 Å². The summed E-state index contributed by atoms with van der Waals surface area (Å²) in [7, 11) is 0. The van der Waals surface area contributed by atoms with Crippen LogP contribution in [-0.4, -0.2) is 10.8 Å². The highest BCUT2D eigenvalue weighted by molar-refractivity contribution is 6.37. The number of anilines is 1. The first-order chi connectivity index (χ1) is 12.5. The first-order valence-corrected chi connectivity index (χ1v) is 8.32. The first kappa shape index (κ1) is 17.9. The number of nitro benzene ring substituents is 1. The van der Waals surface area contributed by atoms with Crippen molar-refractivity contribution in [2.24, 2.45) is 0 Å². The van der Waals surface area contributed by atoms with Gasteiger partial charge in [0.1, 0.15) is 0 Å². The van der Waals surface area contributed by atoms with Crippen LogP contribution < -0.4 is 5.32 Å².